The van der Waals surface area contributed by atoms with E-state index in [-0.39, 0.29) is 51.8 Å². The highest BCUT2D eigenvalue weighted by Gasteiger charge is 2.35. The Morgan fingerprint density at radius 1 is 1.03 bits per heavy atom. The first-order chi connectivity index (χ1) is 16.7. The van der Waals surface area contributed by atoms with Crippen LogP contribution in [0.25, 0.3) is 0 Å². The van der Waals surface area contributed by atoms with Crippen LogP contribution in [0.5, 0.6) is 11.5 Å². The van der Waals surface area contributed by atoms with Gasteiger partial charge < -0.3 is 14.8 Å². The van der Waals surface area contributed by atoms with Gasteiger partial charge >= 0.3 is 0 Å². The molecule has 1 N–H and O–H groups in total. The van der Waals surface area contributed by atoms with Crippen LogP contribution in [-0.2, 0) is 14.8 Å². The van der Waals surface area contributed by atoms with Crippen molar-refractivity contribution in [3.05, 3.63) is 52.0 Å². The third-order valence-electron chi connectivity index (χ3n) is 6.44. The number of nitrogens with zero attached hydrogens (tertiary/aromatic N) is 1. The molecule has 0 saturated carbocycles. The van der Waals surface area contributed by atoms with Crippen LogP contribution in [0.1, 0.15) is 44.7 Å². The van der Waals surface area contributed by atoms with Crippen LogP contribution >= 0.6 is 23.2 Å². The molecule has 0 aliphatic carbocycles. The van der Waals surface area contributed by atoms with Crippen molar-refractivity contribution >= 4 is 39.1 Å². The van der Waals surface area contributed by atoms with Gasteiger partial charge in [0.1, 0.15) is 4.90 Å². The summed E-state index contributed by atoms with van der Waals surface area (Å²) in [6.07, 6.45) is 1.66. The molecule has 0 aromatic heterocycles. The maximum Gasteiger partial charge on any atom is 0.246 e. The fourth-order valence-electron chi connectivity index (χ4n) is 4.50. The molecule has 2 heterocycles. The summed E-state index contributed by atoms with van der Waals surface area (Å²) in [5.41, 5.74) is 0.950. The molecule has 0 spiro atoms. The summed E-state index contributed by atoms with van der Waals surface area (Å²) in [5, 5.41) is 3.36. The number of benzene rings is 2. The molecular weight excluding hydrogens is 511 g/mol. The number of sulfonamides is 1. The largest absolute Gasteiger partial charge is 0.490 e. The first kappa shape index (κ1) is 26.1. The molecule has 2 aliphatic rings. The van der Waals surface area contributed by atoms with Crippen LogP contribution in [0, 0.1) is 11.8 Å². The molecule has 1 amide bonds. The van der Waals surface area contributed by atoms with E-state index in [1.165, 1.54) is 16.4 Å². The van der Waals surface area contributed by atoms with Crippen molar-refractivity contribution in [1.29, 1.82) is 0 Å². The Morgan fingerprint density at radius 2 is 1.66 bits per heavy atom. The van der Waals surface area contributed by atoms with E-state index < -0.39 is 10.0 Å². The predicted molar refractivity (Wildman–Crippen MR) is 136 cm³/mol. The quantitative estimate of drug-likeness (QED) is 0.552. The van der Waals surface area contributed by atoms with Crippen molar-refractivity contribution in [1.82, 2.24) is 9.62 Å². The minimum Gasteiger partial charge on any atom is -0.490 e. The van der Waals surface area contributed by atoms with Gasteiger partial charge in [0, 0.05) is 25.4 Å². The van der Waals surface area contributed by atoms with Gasteiger partial charge in [-0.3, -0.25) is 4.79 Å². The Balaban J connectivity index is 1.43. The van der Waals surface area contributed by atoms with Crippen molar-refractivity contribution in [2.45, 2.75) is 44.0 Å². The van der Waals surface area contributed by atoms with Gasteiger partial charge in [0.05, 0.1) is 29.3 Å². The van der Waals surface area contributed by atoms with Crippen molar-refractivity contribution in [3.8, 4) is 11.5 Å². The van der Waals surface area contributed by atoms with E-state index in [0.717, 1.165) is 12.0 Å². The SMILES string of the molecule is CC(C)C(NC(=O)C1CCN(S(=O)(=O)c2c(Cl)cccc2Cl)CC1)c1ccc2c(c1)OCCCO2. The van der Waals surface area contributed by atoms with Crippen LogP contribution in [0.15, 0.2) is 41.3 Å². The van der Waals surface area contributed by atoms with Crippen molar-refractivity contribution in [3.63, 3.8) is 0 Å². The molecule has 2 aromatic rings. The fraction of sp³-hybridized carbons (Fsp3) is 0.480. The van der Waals surface area contributed by atoms with Gasteiger partial charge in [-0.2, -0.15) is 4.31 Å². The Labute approximate surface area is 216 Å². The lowest BCUT2D eigenvalue weighted by atomic mass is 9.92. The summed E-state index contributed by atoms with van der Waals surface area (Å²) in [4.78, 5) is 13.1. The molecule has 190 valence electrons. The number of hydrogen-bond donors (Lipinski definition) is 1. The van der Waals surface area contributed by atoms with Crippen molar-refractivity contribution in [2.24, 2.45) is 11.8 Å². The summed E-state index contributed by atoms with van der Waals surface area (Å²) in [7, 11) is -3.85. The Kier molecular flexibility index (Phi) is 8.16. The molecule has 0 radical (unpaired) electrons. The number of carbonyl (C=O) groups is 1. The van der Waals surface area contributed by atoms with Crippen LogP contribution < -0.4 is 14.8 Å². The summed E-state index contributed by atoms with van der Waals surface area (Å²) in [6, 6.07) is 10.2. The summed E-state index contributed by atoms with van der Waals surface area (Å²) in [6.45, 7) is 5.76. The van der Waals surface area contributed by atoms with Crippen molar-refractivity contribution in [2.75, 3.05) is 26.3 Å². The highest BCUT2D eigenvalue weighted by Crippen LogP contribution is 2.36. The molecule has 0 bridgehead atoms. The van der Waals surface area contributed by atoms with Gasteiger partial charge in [0.15, 0.2) is 11.5 Å². The standard InChI is InChI=1S/C25H30Cl2N2O5S/c1-16(2)23(18-7-8-21-22(15-18)34-14-4-13-33-21)28-25(30)17-9-11-29(12-10-17)35(31,32)24-19(26)5-3-6-20(24)27/h3,5-8,15-17,23H,4,9-14H2,1-2H3,(H,28,30). The first-order valence-corrected chi connectivity index (χ1v) is 14.0. The summed E-state index contributed by atoms with van der Waals surface area (Å²) in [5.74, 6) is 1.18. The van der Waals surface area contributed by atoms with E-state index in [2.05, 4.69) is 19.2 Å². The maximum atomic E-state index is 13.2. The Hall–Kier alpha value is -2.00. The van der Waals surface area contributed by atoms with Gasteiger partial charge in [0.2, 0.25) is 15.9 Å². The number of rotatable bonds is 6. The zero-order chi connectivity index (χ0) is 25.2. The van der Waals surface area contributed by atoms with Gasteiger partial charge in [0.25, 0.3) is 0 Å². The molecule has 1 atom stereocenters. The normalized spacial score (nSPS) is 18.2. The number of halogens is 2. The average molecular weight is 541 g/mol. The second kappa shape index (κ2) is 10.9. The maximum absolute atomic E-state index is 13.2. The zero-order valence-electron chi connectivity index (χ0n) is 19.8. The van der Waals surface area contributed by atoms with Gasteiger partial charge in [-0.25, -0.2) is 8.42 Å². The second-order valence-corrected chi connectivity index (χ2v) is 11.9. The van der Waals surface area contributed by atoms with Gasteiger partial charge in [-0.05, 0) is 48.6 Å². The molecule has 10 heteroatoms. The van der Waals surface area contributed by atoms with Crippen LogP contribution in [0.4, 0.5) is 0 Å². The smallest absolute Gasteiger partial charge is 0.246 e. The minimum atomic E-state index is -3.85. The van der Waals surface area contributed by atoms with Crippen LogP contribution in [-0.4, -0.2) is 44.9 Å². The number of carbonyl (C=O) groups excluding carboxylic acids is 1. The van der Waals surface area contributed by atoms with E-state index in [4.69, 9.17) is 32.7 Å². The molecule has 2 aromatic carbocycles. The van der Waals surface area contributed by atoms with E-state index >= 15 is 0 Å². The van der Waals surface area contributed by atoms with Gasteiger partial charge in [-0.15, -0.1) is 0 Å². The number of fused-ring (bicyclic) bond motifs is 1. The third-order valence-corrected chi connectivity index (χ3v) is 9.29. The fourth-order valence-corrected chi connectivity index (χ4v) is 7.06. The predicted octanol–water partition coefficient (Wildman–Crippen LogP) is 5.07. The molecule has 4 rings (SSSR count). The zero-order valence-corrected chi connectivity index (χ0v) is 22.1. The molecular formula is C25H30Cl2N2O5S. The summed E-state index contributed by atoms with van der Waals surface area (Å²) >= 11 is 12.3. The second-order valence-electron chi connectivity index (χ2n) is 9.22. The topological polar surface area (TPSA) is 84.9 Å². The average Bonchev–Trinajstić information content (AvgIpc) is 3.07. The van der Waals surface area contributed by atoms with E-state index in [1.54, 1.807) is 6.07 Å². The molecule has 1 saturated heterocycles. The Morgan fingerprint density at radius 3 is 2.29 bits per heavy atom. The van der Waals surface area contributed by atoms with Crippen LogP contribution in [0.3, 0.4) is 0 Å². The lowest BCUT2D eigenvalue weighted by Crippen LogP contribution is -2.44. The highest BCUT2D eigenvalue weighted by atomic mass is 35.5. The minimum absolute atomic E-state index is 0.0800. The highest BCUT2D eigenvalue weighted by molar-refractivity contribution is 7.89. The van der Waals surface area contributed by atoms with Gasteiger partial charge in [-0.1, -0.05) is 49.2 Å². The number of hydrogen-bond acceptors (Lipinski definition) is 5. The lowest BCUT2D eigenvalue weighted by Gasteiger charge is -2.32. The molecule has 2 aliphatic heterocycles. The lowest BCUT2D eigenvalue weighted by molar-refractivity contribution is -0.127. The Bertz CT molecular complexity index is 1160. The monoisotopic (exact) mass is 540 g/mol. The number of amides is 1. The number of nitrogens with one attached hydrogen (secondary N) is 1. The van der Waals surface area contributed by atoms with E-state index in [1.807, 2.05) is 18.2 Å². The number of piperidine rings is 1. The number of ether oxygens (including phenoxy) is 2. The molecule has 7 nitrogen and oxygen atoms in total. The van der Waals surface area contributed by atoms with E-state index in [0.29, 0.717) is 37.6 Å². The molecule has 1 fully saturated rings. The first-order valence-electron chi connectivity index (χ1n) is 11.8. The van der Waals surface area contributed by atoms with Crippen LogP contribution in [0.2, 0.25) is 10.0 Å². The molecule has 35 heavy (non-hydrogen) atoms. The third kappa shape index (κ3) is 5.71. The summed E-state index contributed by atoms with van der Waals surface area (Å²) < 4.78 is 39.2. The van der Waals surface area contributed by atoms with Crippen molar-refractivity contribution < 1.29 is 22.7 Å². The van der Waals surface area contributed by atoms with E-state index in [9.17, 15) is 13.2 Å². The molecule has 1 unspecified atom stereocenters.